The summed E-state index contributed by atoms with van der Waals surface area (Å²) in [7, 11) is 0. The summed E-state index contributed by atoms with van der Waals surface area (Å²) in [6.07, 6.45) is 7.20. The van der Waals surface area contributed by atoms with Crippen molar-refractivity contribution in [2.45, 2.75) is 50.7 Å². The first-order valence-electron chi connectivity index (χ1n) is 5.38. The van der Waals surface area contributed by atoms with Crippen molar-refractivity contribution in [3.63, 3.8) is 0 Å². The summed E-state index contributed by atoms with van der Waals surface area (Å²) >= 11 is 1.89. The lowest BCUT2D eigenvalue weighted by atomic mass is 9.82. The van der Waals surface area contributed by atoms with Crippen LogP contribution in [0, 0.1) is 5.41 Å². The molecule has 1 heterocycles. The zero-order valence-corrected chi connectivity index (χ0v) is 9.16. The molecule has 1 aliphatic carbocycles. The molecule has 2 heteroatoms. The lowest BCUT2D eigenvalue weighted by molar-refractivity contribution is -0.127. The van der Waals surface area contributed by atoms with Crippen LogP contribution < -0.4 is 0 Å². The molecule has 0 N–H and O–H groups in total. The fourth-order valence-electron chi connectivity index (χ4n) is 2.57. The van der Waals surface area contributed by atoms with Crippen LogP contribution in [-0.4, -0.2) is 16.8 Å². The Hall–Kier alpha value is 0.0200. The molecule has 1 saturated heterocycles. The summed E-state index contributed by atoms with van der Waals surface area (Å²) < 4.78 is 0. The highest BCUT2D eigenvalue weighted by atomic mass is 32.2. The van der Waals surface area contributed by atoms with Crippen LogP contribution in [0.1, 0.15) is 45.4 Å². The molecule has 0 aromatic rings. The first-order chi connectivity index (χ1) is 6.22. The highest BCUT2D eigenvalue weighted by molar-refractivity contribution is 8.00. The second kappa shape index (κ2) is 3.64. The van der Waals surface area contributed by atoms with Gasteiger partial charge in [-0.2, -0.15) is 11.8 Å². The predicted octanol–water partition coefficient (Wildman–Crippen LogP) is 3.03. The van der Waals surface area contributed by atoms with Crippen LogP contribution in [0.3, 0.4) is 0 Å². The van der Waals surface area contributed by atoms with E-state index in [1.807, 2.05) is 11.8 Å². The molecule has 0 aromatic carbocycles. The van der Waals surface area contributed by atoms with Crippen molar-refractivity contribution in [1.82, 2.24) is 0 Å². The average molecular weight is 198 g/mol. The van der Waals surface area contributed by atoms with E-state index < -0.39 is 0 Å². The zero-order valence-electron chi connectivity index (χ0n) is 8.34. The van der Waals surface area contributed by atoms with E-state index in [0.29, 0.717) is 11.0 Å². The van der Waals surface area contributed by atoms with E-state index in [9.17, 15) is 4.79 Å². The van der Waals surface area contributed by atoms with E-state index in [0.717, 1.165) is 19.3 Å². The van der Waals surface area contributed by atoms with Crippen LogP contribution in [0.5, 0.6) is 0 Å². The Labute approximate surface area is 84.7 Å². The molecule has 13 heavy (non-hydrogen) atoms. The quantitative estimate of drug-likeness (QED) is 0.678. The van der Waals surface area contributed by atoms with Crippen molar-refractivity contribution in [3.05, 3.63) is 0 Å². The van der Waals surface area contributed by atoms with Crippen LogP contribution in [0.4, 0.5) is 0 Å². The Bertz CT molecular complexity index is 200. The number of carbonyl (C=O) groups is 1. The fraction of sp³-hybridized carbons (Fsp3) is 0.909. The fourth-order valence-corrected chi connectivity index (χ4v) is 3.96. The molecular weight excluding hydrogens is 180 g/mol. The molecule has 74 valence electrons. The summed E-state index contributed by atoms with van der Waals surface area (Å²) in [5.74, 6) is 1.76. The minimum absolute atomic E-state index is 0.0575. The normalized spacial score (nSPS) is 32.2. The van der Waals surface area contributed by atoms with Gasteiger partial charge in [0.05, 0.1) is 5.25 Å². The highest BCUT2D eigenvalue weighted by Gasteiger charge is 2.40. The number of carbonyl (C=O) groups excluding carboxylic acids is 1. The largest absolute Gasteiger partial charge is 0.298 e. The third-order valence-electron chi connectivity index (χ3n) is 3.52. The Balaban J connectivity index is 2.02. The maximum Gasteiger partial charge on any atom is 0.151 e. The molecule has 1 saturated carbocycles. The van der Waals surface area contributed by atoms with E-state index in [4.69, 9.17) is 0 Å². The van der Waals surface area contributed by atoms with Gasteiger partial charge in [0.1, 0.15) is 0 Å². The molecule has 0 radical (unpaired) electrons. The Morgan fingerprint density at radius 3 is 2.54 bits per heavy atom. The number of Topliss-reactive ketones (excluding diaryl/α,β-unsaturated/α-hetero) is 1. The number of thioether (sulfide) groups is 1. The van der Waals surface area contributed by atoms with Crippen LogP contribution in [0.2, 0.25) is 0 Å². The summed E-state index contributed by atoms with van der Waals surface area (Å²) in [5, 5.41) is 0.350. The van der Waals surface area contributed by atoms with Crippen LogP contribution >= 0.6 is 11.8 Å². The van der Waals surface area contributed by atoms with Crippen molar-refractivity contribution in [1.29, 1.82) is 0 Å². The van der Waals surface area contributed by atoms with Crippen molar-refractivity contribution in [3.8, 4) is 0 Å². The minimum atomic E-state index is 0.0575. The topological polar surface area (TPSA) is 17.1 Å². The zero-order chi connectivity index (χ0) is 9.31. The lowest BCUT2D eigenvalue weighted by Crippen LogP contribution is -2.31. The lowest BCUT2D eigenvalue weighted by Gasteiger charge is -2.24. The molecule has 2 aliphatic rings. The second-order valence-electron chi connectivity index (χ2n) is 4.63. The maximum absolute atomic E-state index is 12.1. The first-order valence-corrected chi connectivity index (χ1v) is 6.43. The van der Waals surface area contributed by atoms with Crippen molar-refractivity contribution in [2.24, 2.45) is 5.41 Å². The molecular formula is C11H18OS. The predicted molar refractivity (Wildman–Crippen MR) is 57.1 cm³/mol. The maximum atomic E-state index is 12.1. The van der Waals surface area contributed by atoms with Crippen LogP contribution in [-0.2, 0) is 4.79 Å². The minimum Gasteiger partial charge on any atom is -0.298 e. The van der Waals surface area contributed by atoms with Crippen LogP contribution in [0.25, 0.3) is 0 Å². The van der Waals surface area contributed by atoms with E-state index >= 15 is 0 Å². The summed E-state index contributed by atoms with van der Waals surface area (Å²) in [5.41, 5.74) is 0.0575. The smallest absolute Gasteiger partial charge is 0.151 e. The number of ketones is 1. The van der Waals surface area contributed by atoms with Crippen LogP contribution in [0.15, 0.2) is 0 Å². The molecule has 1 atom stereocenters. The molecule has 0 aromatic heterocycles. The van der Waals surface area contributed by atoms with Gasteiger partial charge in [-0.05, 0) is 31.4 Å². The van der Waals surface area contributed by atoms with Crippen molar-refractivity contribution < 1.29 is 4.79 Å². The van der Waals surface area contributed by atoms with E-state index in [-0.39, 0.29) is 5.41 Å². The monoisotopic (exact) mass is 198 g/mol. The van der Waals surface area contributed by atoms with Gasteiger partial charge in [-0.25, -0.2) is 0 Å². The summed E-state index contributed by atoms with van der Waals surface area (Å²) in [4.78, 5) is 12.1. The van der Waals surface area contributed by atoms with Gasteiger partial charge in [-0.3, -0.25) is 4.79 Å². The molecule has 0 bridgehead atoms. The second-order valence-corrected chi connectivity index (χ2v) is 5.94. The van der Waals surface area contributed by atoms with Crippen molar-refractivity contribution >= 4 is 17.5 Å². The van der Waals surface area contributed by atoms with E-state index in [2.05, 4.69) is 6.92 Å². The van der Waals surface area contributed by atoms with Gasteiger partial charge < -0.3 is 0 Å². The molecule has 2 rings (SSSR count). The van der Waals surface area contributed by atoms with Gasteiger partial charge in [-0.1, -0.05) is 19.8 Å². The number of hydrogen-bond donors (Lipinski definition) is 0. The van der Waals surface area contributed by atoms with Gasteiger partial charge in [0.25, 0.3) is 0 Å². The highest BCUT2D eigenvalue weighted by Crippen LogP contribution is 2.43. The standard InChI is InChI=1S/C11H18OS/c1-11(6-2-3-7-11)10(12)9-5-4-8-13-9/h9H,2-8H2,1H3. The molecule has 0 amide bonds. The molecule has 1 nitrogen and oxygen atoms in total. The summed E-state index contributed by atoms with van der Waals surface area (Å²) in [6.45, 7) is 2.18. The van der Waals surface area contributed by atoms with Gasteiger partial charge >= 0.3 is 0 Å². The SMILES string of the molecule is CC1(C(=O)C2CCCS2)CCCC1. The first kappa shape index (κ1) is 9.57. The van der Waals surface area contributed by atoms with E-state index in [1.165, 1.54) is 25.0 Å². The average Bonchev–Trinajstić information content (AvgIpc) is 2.73. The van der Waals surface area contributed by atoms with Gasteiger partial charge in [-0.15, -0.1) is 0 Å². The number of rotatable bonds is 2. The van der Waals surface area contributed by atoms with E-state index in [1.54, 1.807) is 0 Å². The molecule has 0 spiro atoms. The third-order valence-corrected chi connectivity index (χ3v) is 4.90. The van der Waals surface area contributed by atoms with Gasteiger partial charge in [0.2, 0.25) is 0 Å². The molecule has 2 fully saturated rings. The van der Waals surface area contributed by atoms with Gasteiger partial charge in [0.15, 0.2) is 5.78 Å². The number of hydrogen-bond acceptors (Lipinski definition) is 2. The molecule has 1 unspecified atom stereocenters. The Kier molecular flexibility index (Phi) is 2.68. The Morgan fingerprint density at radius 2 is 2.00 bits per heavy atom. The van der Waals surface area contributed by atoms with Crippen molar-refractivity contribution in [2.75, 3.05) is 5.75 Å². The Morgan fingerprint density at radius 1 is 1.31 bits per heavy atom. The van der Waals surface area contributed by atoms with Gasteiger partial charge in [0, 0.05) is 5.41 Å². The molecule has 1 aliphatic heterocycles. The summed E-state index contributed by atoms with van der Waals surface area (Å²) in [6, 6.07) is 0. The third kappa shape index (κ3) is 1.78.